The van der Waals surface area contributed by atoms with Crippen LogP contribution in [0.15, 0.2) is 59.2 Å². The first-order chi connectivity index (χ1) is 13.1. The van der Waals surface area contributed by atoms with Gasteiger partial charge in [0.15, 0.2) is 16.5 Å². The van der Waals surface area contributed by atoms with Crippen LogP contribution in [0, 0.1) is 11.3 Å². The van der Waals surface area contributed by atoms with Crippen molar-refractivity contribution in [1.29, 1.82) is 5.26 Å². The summed E-state index contributed by atoms with van der Waals surface area (Å²) < 4.78 is 6.40. The second kappa shape index (κ2) is 6.63. The predicted molar refractivity (Wildman–Crippen MR) is 105 cm³/mol. The quantitative estimate of drug-likeness (QED) is 0.602. The maximum absolute atomic E-state index is 12.9. The summed E-state index contributed by atoms with van der Waals surface area (Å²) in [7, 11) is 0. The third-order valence-corrected chi connectivity index (χ3v) is 5.27. The van der Waals surface area contributed by atoms with Gasteiger partial charge in [-0.05, 0) is 5.56 Å². The van der Waals surface area contributed by atoms with Crippen molar-refractivity contribution in [3.63, 3.8) is 0 Å². The molecule has 1 atom stereocenters. The molecule has 1 aliphatic heterocycles. The number of anilines is 1. The van der Waals surface area contributed by atoms with Crippen molar-refractivity contribution < 1.29 is 4.74 Å². The van der Waals surface area contributed by atoms with Gasteiger partial charge in [0.05, 0.1) is 11.5 Å². The molecule has 0 spiro atoms. The first-order valence-corrected chi connectivity index (χ1v) is 8.99. The molecule has 27 heavy (non-hydrogen) atoms. The molecule has 7 nitrogen and oxygen atoms in total. The first-order valence-electron chi connectivity index (χ1n) is 8.18. The number of benzene rings is 1. The van der Waals surface area contributed by atoms with E-state index < -0.39 is 5.92 Å². The van der Waals surface area contributed by atoms with Gasteiger partial charge in [0, 0.05) is 6.54 Å². The van der Waals surface area contributed by atoms with Crippen LogP contribution in [0.3, 0.4) is 0 Å². The number of pyridine rings is 1. The second-order valence-electron chi connectivity index (χ2n) is 5.90. The average Bonchev–Trinajstić information content (AvgIpc) is 3.09. The van der Waals surface area contributed by atoms with Gasteiger partial charge < -0.3 is 20.8 Å². The molecule has 4 N–H and O–H groups in total. The first kappa shape index (κ1) is 16.9. The zero-order chi connectivity index (χ0) is 19.0. The Morgan fingerprint density at radius 3 is 2.93 bits per heavy atom. The Morgan fingerprint density at radius 1 is 1.44 bits per heavy atom. The number of aromatic nitrogens is 2. The van der Waals surface area contributed by atoms with Crippen molar-refractivity contribution in [3.8, 4) is 11.8 Å². The number of rotatable bonds is 4. The van der Waals surface area contributed by atoms with E-state index in [1.54, 1.807) is 6.08 Å². The molecule has 8 heteroatoms. The second-order valence-corrected chi connectivity index (χ2v) is 6.90. The van der Waals surface area contributed by atoms with Crippen LogP contribution in [0.2, 0.25) is 0 Å². The molecule has 1 aromatic carbocycles. The van der Waals surface area contributed by atoms with Crippen molar-refractivity contribution in [1.82, 2.24) is 9.97 Å². The van der Waals surface area contributed by atoms with Crippen LogP contribution in [-0.2, 0) is 0 Å². The van der Waals surface area contributed by atoms with E-state index in [-0.39, 0.29) is 17.0 Å². The van der Waals surface area contributed by atoms with Crippen molar-refractivity contribution in [3.05, 3.63) is 75.9 Å². The number of thiazole rings is 1. The van der Waals surface area contributed by atoms with Crippen molar-refractivity contribution in [2.24, 2.45) is 5.73 Å². The lowest BCUT2D eigenvalue weighted by Crippen LogP contribution is -2.27. The summed E-state index contributed by atoms with van der Waals surface area (Å²) in [6, 6.07) is 11.4. The normalized spacial score (nSPS) is 15.7. The Bertz CT molecular complexity index is 1170. The molecule has 0 aliphatic carbocycles. The maximum Gasteiger partial charge on any atom is 0.257 e. The lowest BCUT2D eigenvalue weighted by molar-refractivity contribution is 0.397. The van der Waals surface area contributed by atoms with Gasteiger partial charge in [0.1, 0.15) is 16.3 Å². The van der Waals surface area contributed by atoms with Crippen molar-refractivity contribution in [2.75, 3.05) is 11.9 Å². The van der Waals surface area contributed by atoms with Crippen LogP contribution < -0.4 is 21.3 Å². The smallest absolute Gasteiger partial charge is 0.257 e. The molecule has 4 rings (SSSR count). The van der Waals surface area contributed by atoms with E-state index in [1.807, 2.05) is 30.3 Å². The van der Waals surface area contributed by atoms with Crippen LogP contribution in [0.4, 0.5) is 5.13 Å². The van der Waals surface area contributed by atoms with Crippen LogP contribution in [0.1, 0.15) is 17.0 Å². The van der Waals surface area contributed by atoms with Gasteiger partial charge in [-0.15, -0.1) is 6.58 Å². The maximum atomic E-state index is 12.9. The summed E-state index contributed by atoms with van der Waals surface area (Å²) in [6.45, 7) is 4.21. The van der Waals surface area contributed by atoms with Crippen LogP contribution in [0.5, 0.6) is 5.75 Å². The molecule has 3 heterocycles. The standard InChI is InChI=1S/C19H15N5O2S/c1-2-8-22-19-24-17-15(27-19)14-13(18(25)23-17)12(10-6-4-3-5-7-10)11(9-20)16(21)26-14/h2-7,12H,1,8,21H2,(H2,22,23,24,25). The highest BCUT2D eigenvalue weighted by molar-refractivity contribution is 7.22. The van der Waals surface area contributed by atoms with E-state index in [2.05, 4.69) is 27.9 Å². The van der Waals surface area contributed by atoms with Crippen molar-refractivity contribution in [2.45, 2.75) is 5.92 Å². The molecular weight excluding hydrogens is 362 g/mol. The van der Waals surface area contributed by atoms with Gasteiger partial charge in [-0.2, -0.15) is 5.26 Å². The molecule has 3 aromatic rings. The van der Waals surface area contributed by atoms with E-state index in [4.69, 9.17) is 10.5 Å². The van der Waals surface area contributed by atoms with Gasteiger partial charge in [-0.3, -0.25) is 4.79 Å². The van der Waals surface area contributed by atoms with E-state index in [1.165, 1.54) is 11.3 Å². The molecule has 0 radical (unpaired) electrons. The van der Waals surface area contributed by atoms with Gasteiger partial charge in [-0.25, -0.2) is 4.98 Å². The number of aromatic amines is 1. The molecule has 2 aromatic heterocycles. The van der Waals surface area contributed by atoms with Gasteiger partial charge in [0.25, 0.3) is 5.56 Å². The fourth-order valence-electron chi connectivity index (χ4n) is 3.11. The summed E-state index contributed by atoms with van der Waals surface area (Å²) in [5.41, 5.74) is 7.46. The topological polar surface area (TPSA) is 117 Å². The molecule has 134 valence electrons. The fraction of sp³-hybridized carbons (Fsp3) is 0.105. The monoisotopic (exact) mass is 377 g/mol. The zero-order valence-electron chi connectivity index (χ0n) is 14.2. The summed E-state index contributed by atoms with van der Waals surface area (Å²) >= 11 is 1.34. The summed E-state index contributed by atoms with van der Waals surface area (Å²) in [5, 5.41) is 13.3. The van der Waals surface area contributed by atoms with Crippen molar-refractivity contribution >= 4 is 26.8 Å². The molecule has 0 saturated heterocycles. The van der Waals surface area contributed by atoms with E-state index in [0.29, 0.717) is 33.3 Å². The van der Waals surface area contributed by atoms with Gasteiger partial charge >= 0.3 is 0 Å². The minimum atomic E-state index is -0.597. The minimum Gasteiger partial charge on any atom is -0.438 e. The fourth-order valence-corrected chi connectivity index (χ4v) is 4.03. The highest BCUT2D eigenvalue weighted by Crippen LogP contribution is 2.44. The number of hydrogen-bond acceptors (Lipinski definition) is 7. The number of nitrogens with two attached hydrogens (primary N) is 1. The van der Waals surface area contributed by atoms with E-state index in [0.717, 1.165) is 5.56 Å². The average molecular weight is 377 g/mol. The lowest BCUT2D eigenvalue weighted by atomic mass is 9.84. The number of ether oxygens (including phenoxy) is 1. The van der Waals surface area contributed by atoms with E-state index in [9.17, 15) is 10.1 Å². The lowest BCUT2D eigenvalue weighted by Gasteiger charge is -2.25. The number of nitrogens with zero attached hydrogens (tertiary/aromatic N) is 2. The van der Waals surface area contributed by atoms with Gasteiger partial charge in [0.2, 0.25) is 5.88 Å². The molecule has 1 unspecified atom stereocenters. The number of nitriles is 1. The van der Waals surface area contributed by atoms with Crippen LogP contribution in [0.25, 0.3) is 10.3 Å². The van der Waals surface area contributed by atoms with Crippen LogP contribution >= 0.6 is 11.3 Å². The molecule has 0 bridgehead atoms. The zero-order valence-corrected chi connectivity index (χ0v) is 15.0. The Kier molecular flexibility index (Phi) is 4.14. The van der Waals surface area contributed by atoms with Gasteiger partial charge in [-0.1, -0.05) is 47.7 Å². The number of allylic oxidation sites excluding steroid dienone is 1. The Hall–Kier alpha value is -3.57. The SMILES string of the molecule is C=CCNc1nc2[nH]c(=O)c3c(c2s1)OC(N)=C(C#N)C3c1ccccc1. The molecule has 0 amide bonds. The Labute approximate surface area is 158 Å². The summed E-state index contributed by atoms with van der Waals surface area (Å²) in [6.07, 6.45) is 1.71. The largest absolute Gasteiger partial charge is 0.438 e. The number of fused-ring (bicyclic) bond motifs is 3. The van der Waals surface area contributed by atoms with E-state index >= 15 is 0 Å². The molecular formula is C19H15N5O2S. The number of nitrogens with one attached hydrogen (secondary N) is 2. The summed E-state index contributed by atoms with van der Waals surface area (Å²) in [5.74, 6) is -0.247. The number of hydrogen-bond donors (Lipinski definition) is 3. The molecule has 1 aliphatic rings. The van der Waals surface area contributed by atoms with Crippen LogP contribution in [-0.4, -0.2) is 16.5 Å². The molecule has 0 saturated carbocycles. The third-order valence-electron chi connectivity index (χ3n) is 4.26. The number of H-pyrrole nitrogens is 1. The predicted octanol–water partition coefficient (Wildman–Crippen LogP) is 2.80. The highest BCUT2D eigenvalue weighted by Gasteiger charge is 2.35. The highest BCUT2D eigenvalue weighted by atomic mass is 32.1. The Morgan fingerprint density at radius 2 is 2.22 bits per heavy atom. The minimum absolute atomic E-state index is 0.000228. The Balaban J connectivity index is 1.98. The third kappa shape index (κ3) is 2.74. The molecule has 0 fully saturated rings. The summed E-state index contributed by atoms with van der Waals surface area (Å²) in [4.78, 5) is 20.1.